The van der Waals surface area contributed by atoms with Crippen molar-refractivity contribution in [3.05, 3.63) is 82.4 Å². The minimum atomic E-state index is -0.366. The second kappa shape index (κ2) is 9.27. The fraction of sp³-hybridized carbons (Fsp3) is 0.296. The minimum absolute atomic E-state index is 0.0121. The first-order valence-corrected chi connectivity index (χ1v) is 11.4. The molecule has 176 valence electrons. The number of carbonyl (C=O) groups excluding carboxylic acids is 1. The molecule has 2 N–H and O–H groups in total. The van der Waals surface area contributed by atoms with Gasteiger partial charge in [0.05, 0.1) is 19.8 Å². The fourth-order valence-electron chi connectivity index (χ4n) is 4.44. The maximum Gasteiger partial charge on any atom is 0.262 e. The first-order chi connectivity index (χ1) is 16.5. The number of fused-ring (bicyclic) bond motifs is 1. The van der Waals surface area contributed by atoms with Gasteiger partial charge in [0, 0.05) is 30.2 Å². The molecule has 7 heteroatoms. The van der Waals surface area contributed by atoms with Crippen molar-refractivity contribution in [1.29, 1.82) is 0 Å². The molecule has 0 spiro atoms. The van der Waals surface area contributed by atoms with Gasteiger partial charge in [0.1, 0.15) is 41.3 Å². The molecule has 2 aliphatic heterocycles. The number of hydrogen-bond donors (Lipinski definition) is 2. The number of amides is 1. The van der Waals surface area contributed by atoms with Crippen LogP contribution in [0, 0.1) is 6.92 Å². The summed E-state index contributed by atoms with van der Waals surface area (Å²) in [7, 11) is 0. The Balaban J connectivity index is 1.41. The van der Waals surface area contributed by atoms with Crippen LogP contribution in [0.15, 0.2) is 54.6 Å². The molecular formula is C27H27NO6. The molecule has 1 amide bonds. The number of rotatable bonds is 6. The summed E-state index contributed by atoms with van der Waals surface area (Å²) < 4.78 is 17.5. The molecule has 0 aromatic heterocycles. The average Bonchev–Trinajstić information content (AvgIpc) is 3.51. The number of phenols is 2. The van der Waals surface area contributed by atoms with Crippen molar-refractivity contribution in [2.75, 3.05) is 13.2 Å². The van der Waals surface area contributed by atoms with Gasteiger partial charge >= 0.3 is 0 Å². The standard InChI is InChI=1S/C27H27NO6/c1-17-22(29)12-23(30)25(26(17)33-15-18-6-3-2-4-7-18)27(31)28-13-19-8-5-9-24(21(19)14-28)34-20-10-11-32-16-20/h2-9,12,20,29-30H,10-11,13-16H2,1H3. The van der Waals surface area contributed by atoms with Crippen molar-refractivity contribution < 1.29 is 29.2 Å². The smallest absolute Gasteiger partial charge is 0.262 e. The van der Waals surface area contributed by atoms with Crippen LogP contribution in [-0.2, 0) is 24.4 Å². The molecule has 2 aliphatic rings. The quantitative estimate of drug-likeness (QED) is 0.569. The molecule has 7 nitrogen and oxygen atoms in total. The van der Waals surface area contributed by atoms with Crippen LogP contribution < -0.4 is 9.47 Å². The van der Waals surface area contributed by atoms with E-state index in [1.807, 2.05) is 48.5 Å². The summed E-state index contributed by atoms with van der Waals surface area (Å²) in [4.78, 5) is 15.3. The molecule has 0 bridgehead atoms. The van der Waals surface area contributed by atoms with Gasteiger partial charge in [-0.1, -0.05) is 42.5 Å². The highest BCUT2D eigenvalue weighted by molar-refractivity contribution is 6.00. The molecule has 0 aliphatic carbocycles. The van der Waals surface area contributed by atoms with Crippen molar-refractivity contribution in [3.8, 4) is 23.0 Å². The maximum atomic E-state index is 13.6. The van der Waals surface area contributed by atoms with Crippen LogP contribution in [0.25, 0.3) is 0 Å². The third-order valence-electron chi connectivity index (χ3n) is 6.33. The number of phenolic OH excluding ortho intramolecular Hbond substituents is 2. The molecular weight excluding hydrogens is 434 g/mol. The second-order valence-electron chi connectivity index (χ2n) is 8.68. The van der Waals surface area contributed by atoms with E-state index in [2.05, 4.69) is 0 Å². The Hall–Kier alpha value is -3.71. The van der Waals surface area contributed by atoms with Crippen LogP contribution in [-0.4, -0.2) is 40.3 Å². The summed E-state index contributed by atoms with van der Waals surface area (Å²) in [5.74, 6) is 0.134. The van der Waals surface area contributed by atoms with E-state index in [0.29, 0.717) is 31.9 Å². The molecule has 1 fully saturated rings. The monoisotopic (exact) mass is 461 g/mol. The third-order valence-corrected chi connectivity index (χ3v) is 6.33. The van der Waals surface area contributed by atoms with Crippen molar-refractivity contribution in [3.63, 3.8) is 0 Å². The van der Waals surface area contributed by atoms with Crippen LogP contribution in [0.2, 0.25) is 0 Å². The van der Waals surface area contributed by atoms with Gasteiger partial charge in [-0.25, -0.2) is 0 Å². The van der Waals surface area contributed by atoms with Crippen LogP contribution in [0.5, 0.6) is 23.0 Å². The molecule has 1 atom stereocenters. The Morgan fingerprint density at radius 1 is 1.09 bits per heavy atom. The van der Waals surface area contributed by atoms with Gasteiger partial charge < -0.3 is 29.3 Å². The number of ether oxygens (including phenoxy) is 3. The Morgan fingerprint density at radius 2 is 1.91 bits per heavy atom. The predicted molar refractivity (Wildman–Crippen MR) is 125 cm³/mol. The Labute approximate surface area is 198 Å². The van der Waals surface area contributed by atoms with E-state index >= 15 is 0 Å². The lowest BCUT2D eigenvalue weighted by atomic mass is 10.1. The zero-order valence-corrected chi connectivity index (χ0v) is 19.0. The average molecular weight is 462 g/mol. The zero-order valence-electron chi connectivity index (χ0n) is 19.0. The predicted octanol–water partition coefficient (Wildman–Crippen LogP) is 4.31. The molecule has 3 aromatic carbocycles. The van der Waals surface area contributed by atoms with E-state index in [9.17, 15) is 15.0 Å². The largest absolute Gasteiger partial charge is 0.507 e. The summed E-state index contributed by atoms with van der Waals surface area (Å²) in [6.45, 7) is 3.87. The minimum Gasteiger partial charge on any atom is -0.507 e. The Kier molecular flexibility index (Phi) is 6.02. The third kappa shape index (κ3) is 4.26. The highest BCUT2D eigenvalue weighted by Crippen LogP contribution is 2.41. The van der Waals surface area contributed by atoms with Crippen molar-refractivity contribution >= 4 is 5.91 Å². The van der Waals surface area contributed by atoms with Crippen LogP contribution in [0.4, 0.5) is 0 Å². The molecule has 1 unspecified atom stereocenters. The van der Waals surface area contributed by atoms with Crippen LogP contribution in [0.3, 0.4) is 0 Å². The molecule has 0 radical (unpaired) electrons. The first-order valence-electron chi connectivity index (χ1n) is 11.4. The van der Waals surface area contributed by atoms with Gasteiger partial charge in [-0.2, -0.15) is 0 Å². The van der Waals surface area contributed by atoms with Gasteiger partial charge in [0.25, 0.3) is 5.91 Å². The lowest BCUT2D eigenvalue weighted by Crippen LogP contribution is -2.26. The molecule has 2 heterocycles. The lowest BCUT2D eigenvalue weighted by molar-refractivity contribution is 0.0741. The lowest BCUT2D eigenvalue weighted by Gasteiger charge is -2.21. The molecule has 3 aromatic rings. The Bertz CT molecular complexity index is 1200. The molecule has 5 rings (SSSR count). The maximum absolute atomic E-state index is 13.6. The van der Waals surface area contributed by atoms with Crippen LogP contribution >= 0.6 is 0 Å². The Morgan fingerprint density at radius 3 is 2.68 bits per heavy atom. The van der Waals surface area contributed by atoms with E-state index in [1.165, 1.54) is 6.07 Å². The fourth-order valence-corrected chi connectivity index (χ4v) is 4.44. The normalized spacial score (nSPS) is 17.0. The number of nitrogens with zero attached hydrogens (tertiary/aromatic N) is 1. The van der Waals surface area contributed by atoms with Gasteiger partial charge in [-0.05, 0) is 24.1 Å². The number of benzene rings is 3. The molecule has 34 heavy (non-hydrogen) atoms. The van der Waals surface area contributed by atoms with Gasteiger partial charge in [0.15, 0.2) is 0 Å². The summed E-state index contributed by atoms with van der Waals surface area (Å²) in [6.07, 6.45) is 0.854. The van der Waals surface area contributed by atoms with E-state index in [4.69, 9.17) is 14.2 Å². The summed E-state index contributed by atoms with van der Waals surface area (Å²) in [5, 5.41) is 20.9. The summed E-state index contributed by atoms with van der Waals surface area (Å²) in [6, 6.07) is 16.5. The van der Waals surface area contributed by atoms with E-state index in [1.54, 1.807) is 11.8 Å². The molecule has 0 saturated carbocycles. The van der Waals surface area contributed by atoms with Gasteiger partial charge in [-0.3, -0.25) is 4.79 Å². The van der Waals surface area contributed by atoms with Crippen molar-refractivity contribution in [2.24, 2.45) is 0 Å². The van der Waals surface area contributed by atoms with Crippen LogP contribution in [0.1, 0.15) is 39.0 Å². The van der Waals surface area contributed by atoms with Crippen molar-refractivity contribution in [2.45, 2.75) is 39.1 Å². The first kappa shape index (κ1) is 22.1. The summed E-state index contributed by atoms with van der Waals surface area (Å²) in [5.41, 5.74) is 3.33. The van der Waals surface area contributed by atoms with E-state index in [-0.39, 0.29) is 41.4 Å². The molecule has 1 saturated heterocycles. The topological polar surface area (TPSA) is 88.5 Å². The summed E-state index contributed by atoms with van der Waals surface area (Å²) >= 11 is 0. The van der Waals surface area contributed by atoms with E-state index in [0.717, 1.165) is 28.9 Å². The number of aromatic hydroxyl groups is 2. The number of hydrogen-bond acceptors (Lipinski definition) is 6. The zero-order chi connectivity index (χ0) is 23.7. The van der Waals surface area contributed by atoms with Crippen molar-refractivity contribution in [1.82, 2.24) is 4.90 Å². The number of carbonyl (C=O) groups is 1. The highest BCUT2D eigenvalue weighted by atomic mass is 16.5. The SMILES string of the molecule is Cc1c(O)cc(O)c(C(=O)N2Cc3cccc(OC4CCOC4)c3C2)c1OCc1ccccc1. The second-order valence-corrected chi connectivity index (χ2v) is 8.68. The van der Waals surface area contributed by atoms with E-state index < -0.39 is 0 Å². The van der Waals surface area contributed by atoms with Gasteiger partial charge in [0.2, 0.25) is 0 Å². The highest BCUT2D eigenvalue weighted by Gasteiger charge is 2.32. The van der Waals surface area contributed by atoms with Gasteiger partial charge in [-0.15, -0.1) is 0 Å².